The Morgan fingerprint density at radius 2 is 2.05 bits per heavy atom. The van der Waals surface area contributed by atoms with Crippen LogP contribution in [0.25, 0.3) is 0 Å². The van der Waals surface area contributed by atoms with Crippen molar-refractivity contribution in [3.8, 4) is 0 Å². The maximum Gasteiger partial charge on any atom is 0.315 e. The van der Waals surface area contributed by atoms with Crippen molar-refractivity contribution < 1.29 is 19.1 Å². The summed E-state index contributed by atoms with van der Waals surface area (Å²) in [6.45, 7) is 0.286. The van der Waals surface area contributed by atoms with Crippen LogP contribution in [0.2, 0.25) is 0 Å². The SMILES string of the molecule is COC(=O)CSC1CC(=O)N(Cc2ccccc2)C1=O. The Bertz CT molecular complexity index is 517. The molecule has 1 atom stereocenters. The second-order valence-electron chi connectivity index (χ2n) is 4.38. The molecular weight excluding hydrogens is 278 g/mol. The molecule has 106 valence electrons. The third-order valence-electron chi connectivity index (χ3n) is 3.02. The second-order valence-corrected chi connectivity index (χ2v) is 5.57. The minimum absolute atomic E-state index is 0.0827. The predicted molar refractivity (Wildman–Crippen MR) is 74.9 cm³/mol. The minimum atomic E-state index is -0.481. The Kier molecular flexibility index (Phi) is 4.79. The van der Waals surface area contributed by atoms with Crippen LogP contribution in [0.15, 0.2) is 30.3 Å². The van der Waals surface area contributed by atoms with Crippen molar-refractivity contribution in [3.05, 3.63) is 35.9 Å². The zero-order valence-corrected chi connectivity index (χ0v) is 11.9. The molecule has 0 aliphatic carbocycles. The Labute approximate surface area is 121 Å². The first-order valence-electron chi connectivity index (χ1n) is 6.18. The summed E-state index contributed by atoms with van der Waals surface area (Å²) in [6.07, 6.45) is 0.146. The maximum absolute atomic E-state index is 12.2. The number of methoxy groups -OCH3 is 1. The van der Waals surface area contributed by atoms with Crippen LogP contribution in [-0.2, 0) is 25.7 Å². The number of hydrogen-bond donors (Lipinski definition) is 0. The van der Waals surface area contributed by atoms with Crippen LogP contribution in [0.3, 0.4) is 0 Å². The van der Waals surface area contributed by atoms with E-state index in [1.54, 1.807) is 0 Å². The first kappa shape index (κ1) is 14.6. The van der Waals surface area contributed by atoms with Crippen LogP contribution in [0.5, 0.6) is 0 Å². The maximum atomic E-state index is 12.2. The van der Waals surface area contributed by atoms with E-state index in [0.717, 1.165) is 17.3 Å². The number of carbonyl (C=O) groups excluding carboxylic acids is 3. The zero-order valence-electron chi connectivity index (χ0n) is 11.1. The van der Waals surface area contributed by atoms with Gasteiger partial charge in [0.2, 0.25) is 11.8 Å². The lowest BCUT2D eigenvalue weighted by atomic mass is 10.2. The molecule has 0 N–H and O–H groups in total. The highest BCUT2D eigenvalue weighted by atomic mass is 32.2. The standard InChI is InChI=1S/C14H15NO4S/c1-19-13(17)9-20-11-7-12(16)15(14(11)18)8-10-5-3-2-4-6-10/h2-6,11H,7-9H2,1H3. The van der Waals surface area contributed by atoms with Gasteiger partial charge in [0, 0.05) is 6.42 Å². The lowest BCUT2D eigenvalue weighted by molar-refractivity contribution is -0.139. The van der Waals surface area contributed by atoms with E-state index in [-0.39, 0.29) is 30.5 Å². The van der Waals surface area contributed by atoms with Gasteiger partial charge < -0.3 is 4.74 Å². The Morgan fingerprint density at radius 3 is 2.70 bits per heavy atom. The van der Waals surface area contributed by atoms with E-state index in [1.807, 2.05) is 30.3 Å². The van der Waals surface area contributed by atoms with Gasteiger partial charge in [-0.05, 0) is 5.56 Å². The van der Waals surface area contributed by atoms with Crippen LogP contribution >= 0.6 is 11.8 Å². The van der Waals surface area contributed by atoms with Crippen molar-refractivity contribution in [2.45, 2.75) is 18.2 Å². The zero-order chi connectivity index (χ0) is 14.5. The summed E-state index contributed by atoms with van der Waals surface area (Å²) in [5.41, 5.74) is 0.910. The van der Waals surface area contributed by atoms with Crippen molar-refractivity contribution in [2.75, 3.05) is 12.9 Å². The van der Waals surface area contributed by atoms with E-state index in [9.17, 15) is 14.4 Å². The van der Waals surface area contributed by atoms with Crippen LogP contribution in [-0.4, -0.2) is 40.8 Å². The lowest BCUT2D eigenvalue weighted by Crippen LogP contribution is -2.31. The first-order valence-corrected chi connectivity index (χ1v) is 7.23. The lowest BCUT2D eigenvalue weighted by Gasteiger charge is -2.14. The van der Waals surface area contributed by atoms with E-state index in [4.69, 9.17) is 0 Å². The monoisotopic (exact) mass is 293 g/mol. The highest BCUT2D eigenvalue weighted by Gasteiger charge is 2.38. The quantitative estimate of drug-likeness (QED) is 0.603. The van der Waals surface area contributed by atoms with Crippen LogP contribution in [0.1, 0.15) is 12.0 Å². The number of rotatable bonds is 5. The highest BCUT2D eigenvalue weighted by Crippen LogP contribution is 2.26. The summed E-state index contributed by atoms with van der Waals surface area (Å²) in [5, 5.41) is -0.481. The number of imide groups is 1. The van der Waals surface area contributed by atoms with E-state index in [1.165, 1.54) is 12.0 Å². The van der Waals surface area contributed by atoms with Crippen molar-refractivity contribution >= 4 is 29.5 Å². The number of esters is 1. The molecule has 1 aliphatic heterocycles. The number of ether oxygens (including phenoxy) is 1. The third kappa shape index (κ3) is 3.39. The van der Waals surface area contributed by atoms with Crippen molar-refractivity contribution in [3.63, 3.8) is 0 Å². The topological polar surface area (TPSA) is 63.7 Å². The molecule has 2 rings (SSSR count). The third-order valence-corrected chi connectivity index (χ3v) is 4.19. The van der Waals surface area contributed by atoms with Gasteiger partial charge in [-0.25, -0.2) is 0 Å². The molecule has 1 aromatic carbocycles. The predicted octanol–water partition coefficient (Wildman–Crippen LogP) is 1.22. The number of nitrogens with zero attached hydrogens (tertiary/aromatic N) is 1. The molecule has 1 aliphatic rings. The van der Waals surface area contributed by atoms with Gasteiger partial charge in [-0.2, -0.15) is 0 Å². The average Bonchev–Trinajstić information content (AvgIpc) is 2.73. The number of benzene rings is 1. The van der Waals surface area contributed by atoms with Gasteiger partial charge in [0.1, 0.15) is 0 Å². The Morgan fingerprint density at radius 1 is 1.35 bits per heavy atom. The molecule has 0 saturated carbocycles. The van der Waals surface area contributed by atoms with E-state index < -0.39 is 11.2 Å². The number of carbonyl (C=O) groups is 3. The molecule has 1 saturated heterocycles. The summed E-state index contributed by atoms with van der Waals surface area (Å²) in [7, 11) is 1.30. The van der Waals surface area contributed by atoms with Gasteiger partial charge in [0.05, 0.1) is 24.7 Å². The van der Waals surface area contributed by atoms with Gasteiger partial charge in [0.15, 0.2) is 0 Å². The molecule has 1 unspecified atom stereocenters. The van der Waals surface area contributed by atoms with Gasteiger partial charge in [-0.1, -0.05) is 30.3 Å². The highest BCUT2D eigenvalue weighted by molar-refractivity contribution is 8.01. The minimum Gasteiger partial charge on any atom is -0.468 e. The Balaban J connectivity index is 1.96. The molecule has 1 heterocycles. The smallest absolute Gasteiger partial charge is 0.315 e. The number of thioether (sulfide) groups is 1. The fourth-order valence-electron chi connectivity index (χ4n) is 1.94. The molecule has 1 aromatic rings. The average molecular weight is 293 g/mol. The number of hydrogen-bond acceptors (Lipinski definition) is 5. The normalized spacial score (nSPS) is 18.4. The molecule has 6 heteroatoms. The van der Waals surface area contributed by atoms with Crippen LogP contribution in [0.4, 0.5) is 0 Å². The second kappa shape index (κ2) is 6.56. The van der Waals surface area contributed by atoms with Crippen molar-refractivity contribution in [2.24, 2.45) is 0 Å². The molecule has 5 nitrogen and oxygen atoms in total. The van der Waals surface area contributed by atoms with Gasteiger partial charge in [-0.3, -0.25) is 19.3 Å². The molecule has 0 bridgehead atoms. The van der Waals surface area contributed by atoms with E-state index in [2.05, 4.69) is 4.74 Å². The molecular formula is C14H15NO4S. The molecule has 1 fully saturated rings. The molecule has 2 amide bonds. The van der Waals surface area contributed by atoms with E-state index in [0.29, 0.717) is 0 Å². The fraction of sp³-hybridized carbons (Fsp3) is 0.357. The van der Waals surface area contributed by atoms with Crippen LogP contribution < -0.4 is 0 Å². The fourth-order valence-corrected chi connectivity index (χ4v) is 2.93. The summed E-state index contributed by atoms with van der Waals surface area (Å²) in [6, 6.07) is 9.35. The van der Waals surface area contributed by atoms with Gasteiger partial charge in [0.25, 0.3) is 0 Å². The number of likely N-dealkylation sites (tertiary alicyclic amines) is 1. The van der Waals surface area contributed by atoms with E-state index >= 15 is 0 Å². The van der Waals surface area contributed by atoms with Crippen LogP contribution in [0, 0.1) is 0 Å². The summed E-state index contributed by atoms with van der Waals surface area (Å²) in [4.78, 5) is 36.4. The Hall–Kier alpha value is -1.82. The summed E-state index contributed by atoms with van der Waals surface area (Å²) >= 11 is 1.16. The summed E-state index contributed by atoms with van der Waals surface area (Å²) in [5.74, 6) is -0.731. The first-order chi connectivity index (χ1) is 9.61. The molecule has 0 aromatic heterocycles. The molecule has 0 spiro atoms. The number of amides is 2. The van der Waals surface area contributed by atoms with Gasteiger partial charge in [-0.15, -0.1) is 11.8 Å². The van der Waals surface area contributed by atoms with Crippen molar-refractivity contribution in [1.29, 1.82) is 0 Å². The molecule has 0 radical (unpaired) electrons. The largest absolute Gasteiger partial charge is 0.468 e. The molecule has 20 heavy (non-hydrogen) atoms. The van der Waals surface area contributed by atoms with Gasteiger partial charge >= 0.3 is 5.97 Å². The van der Waals surface area contributed by atoms with Crippen molar-refractivity contribution in [1.82, 2.24) is 4.90 Å². The summed E-state index contributed by atoms with van der Waals surface area (Å²) < 4.78 is 4.52.